The van der Waals surface area contributed by atoms with Gasteiger partial charge in [-0.1, -0.05) is 23.4 Å². The van der Waals surface area contributed by atoms with Crippen molar-refractivity contribution in [2.45, 2.75) is 19.3 Å². The zero-order valence-electron chi connectivity index (χ0n) is 15.3. The van der Waals surface area contributed by atoms with E-state index in [9.17, 15) is 4.79 Å². The molecule has 0 bridgehead atoms. The Bertz CT molecular complexity index is 1010. The number of hydrogen-bond acceptors (Lipinski definition) is 6. The first-order valence-electron chi connectivity index (χ1n) is 9.20. The van der Waals surface area contributed by atoms with Crippen LogP contribution < -0.4 is 0 Å². The summed E-state index contributed by atoms with van der Waals surface area (Å²) in [6.07, 6.45) is 9.41. The normalized spacial score (nSPS) is 14.5. The summed E-state index contributed by atoms with van der Waals surface area (Å²) >= 11 is 0. The highest BCUT2D eigenvalue weighted by atomic mass is 16.5. The largest absolute Gasteiger partial charge is 0.338 e. The molecule has 3 aromatic rings. The van der Waals surface area contributed by atoms with Crippen LogP contribution >= 0.6 is 0 Å². The minimum Gasteiger partial charge on any atom is -0.338 e. The molecular weight excluding hydrogens is 356 g/mol. The molecule has 0 unspecified atom stereocenters. The van der Waals surface area contributed by atoms with E-state index >= 15 is 0 Å². The van der Waals surface area contributed by atoms with Crippen LogP contribution in [0.2, 0.25) is 0 Å². The SMILES string of the molecule is N=C/C=C\c1ncc(-c2cccc(-c3noc(C(=O)N4CCCCC4)n3)c2)[nH]1. The lowest BCUT2D eigenvalue weighted by atomic mass is 10.1. The molecule has 0 atom stereocenters. The maximum absolute atomic E-state index is 12.5. The third-order valence-corrected chi connectivity index (χ3v) is 4.63. The van der Waals surface area contributed by atoms with Crippen molar-refractivity contribution >= 4 is 18.2 Å². The molecular formula is C20H20N6O2. The highest BCUT2D eigenvalue weighted by Gasteiger charge is 2.24. The number of carbonyl (C=O) groups is 1. The van der Waals surface area contributed by atoms with Gasteiger partial charge in [-0.2, -0.15) is 4.98 Å². The van der Waals surface area contributed by atoms with E-state index in [-0.39, 0.29) is 11.8 Å². The molecule has 0 aliphatic carbocycles. The Hall–Kier alpha value is -3.55. The monoisotopic (exact) mass is 376 g/mol. The second kappa shape index (κ2) is 7.99. The van der Waals surface area contributed by atoms with E-state index in [2.05, 4.69) is 20.1 Å². The number of rotatable bonds is 5. The van der Waals surface area contributed by atoms with Crippen molar-refractivity contribution in [3.05, 3.63) is 48.3 Å². The van der Waals surface area contributed by atoms with Crippen molar-refractivity contribution in [3.63, 3.8) is 0 Å². The van der Waals surface area contributed by atoms with Crippen LogP contribution in [0.1, 0.15) is 35.8 Å². The van der Waals surface area contributed by atoms with E-state index in [4.69, 9.17) is 9.93 Å². The molecule has 2 N–H and O–H groups in total. The average Bonchev–Trinajstić information content (AvgIpc) is 3.42. The van der Waals surface area contributed by atoms with Gasteiger partial charge in [-0.25, -0.2) is 4.98 Å². The predicted octanol–water partition coefficient (Wildman–Crippen LogP) is 3.42. The highest BCUT2D eigenvalue weighted by Crippen LogP contribution is 2.24. The molecule has 1 aliphatic rings. The van der Waals surface area contributed by atoms with E-state index in [0.717, 1.165) is 49.2 Å². The minimum atomic E-state index is -0.203. The molecule has 1 amide bonds. The van der Waals surface area contributed by atoms with Crippen molar-refractivity contribution in [2.24, 2.45) is 0 Å². The summed E-state index contributed by atoms with van der Waals surface area (Å²) in [5.41, 5.74) is 2.50. The number of likely N-dealkylation sites (tertiary alicyclic amines) is 1. The van der Waals surface area contributed by atoms with Gasteiger partial charge in [-0.3, -0.25) is 4.79 Å². The van der Waals surface area contributed by atoms with Gasteiger partial charge in [0.15, 0.2) is 0 Å². The van der Waals surface area contributed by atoms with Gasteiger partial charge in [0.25, 0.3) is 0 Å². The number of H-pyrrole nitrogens is 1. The van der Waals surface area contributed by atoms with Gasteiger partial charge >= 0.3 is 11.8 Å². The minimum absolute atomic E-state index is 0.0305. The van der Waals surface area contributed by atoms with Crippen molar-refractivity contribution < 1.29 is 9.32 Å². The Kier molecular flexibility index (Phi) is 5.09. The van der Waals surface area contributed by atoms with Crippen molar-refractivity contribution in [1.82, 2.24) is 25.0 Å². The van der Waals surface area contributed by atoms with E-state index < -0.39 is 0 Å². The summed E-state index contributed by atoms with van der Waals surface area (Å²) in [5.74, 6) is 0.872. The molecule has 28 heavy (non-hydrogen) atoms. The molecule has 0 radical (unpaired) electrons. The van der Waals surface area contributed by atoms with Crippen LogP contribution in [0.3, 0.4) is 0 Å². The number of benzene rings is 1. The smallest absolute Gasteiger partial charge is 0.316 e. The maximum atomic E-state index is 12.5. The van der Waals surface area contributed by atoms with Gasteiger partial charge in [-0.05, 0) is 37.5 Å². The Morgan fingerprint density at radius 3 is 2.86 bits per heavy atom. The van der Waals surface area contributed by atoms with Gasteiger partial charge in [0.1, 0.15) is 5.82 Å². The molecule has 3 heterocycles. The number of imidazole rings is 1. The second-order valence-corrected chi connectivity index (χ2v) is 6.56. The fourth-order valence-electron chi connectivity index (χ4n) is 3.19. The van der Waals surface area contributed by atoms with Crippen LogP contribution in [0.4, 0.5) is 0 Å². The number of piperidine rings is 1. The molecule has 4 rings (SSSR count). The number of nitrogens with one attached hydrogen (secondary N) is 2. The summed E-state index contributed by atoms with van der Waals surface area (Å²) in [7, 11) is 0. The number of allylic oxidation sites excluding steroid dienone is 1. The number of amides is 1. The number of aromatic nitrogens is 4. The summed E-state index contributed by atoms with van der Waals surface area (Å²) in [6.45, 7) is 1.47. The fourth-order valence-corrected chi connectivity index (χ4v) is 3.19. The quantitative estimate of drug-likeness (QED) is 0.663. The van der Waals surface area contributed by atoms with Crippen molar-refractivity contribution in [2.75, 3.05) is 13.1 Å². The first-order valence-corrected chi connectivity index (χ1v) is 9.20. The molecule has 1 aliphatic heterocycles. The number of nitrogens with zero attached hydrogens (tertiary/aromatic N) is 4. The molecule has 142 valence electrons. The Morgan fingerprint density at radius 1 is 1.21 bits per heavy atom. The summed E-state index contributed by atoms with van der Waals surface area (Å²) in [6, 6.07) is 7.62. The van der Waals surface area contributed by atoms with Crippen molar-refractivity contribution in [3.8, 4) is 22.6 Å². The molecule has 1 saturated heterocycles. The number of carbonyl (C=O) groups excluding carboxylic acids is 1. The maximum Gasteiger partial charge on any atom is 0.316 e. The molecule has 0 saturated carbocycles. The first kappa shape index (κ1) is 17.8. The lowest BCUT2D eigenvalue weighted by Crippen LogP contribution is -2.35. The van der Waals surface area contributed by atoms with Crippen LogP contribution in [0, 0.1) is 5.41 Å². The van der Waals surface area contributed by atoms with Gasteiger partial charge in [0.05, 0.1) is 11.9 Å². The Labute approximate surface area is 161 Å². The number of aromatic amines is 1. The average molecular weight is 376 g/mol. The molecule has 1 aromatic carbocycles. The molecule has 1 fully saturated rings. The summed E-state index contributed by atoms with van der Waals surface area (Å²) < 4.78 is 5.23. The van der Waals surface area contributed by atoms with Crippen LogP contribution in [-0.2, 0) is 0 Å². The fraction of sp³-hybridized carbons (Fsp3) is 0.250. The van der Waals surface area contributed by atoms with E-state index in [0.29, 0.717) is 11.6 Å². The molecule has 8 heteroatoms. The lowest BCUT2D eigenvalue weighted by molar-refractivity contribution is 0.0674. The Balaban J connectivity index is 1.55. The second-order valence-electron chi connectivity index (χ2n) is 6.56. The van der Waals surface area contributed by atoms with Gasteiger partial charge in [0.2, 0.25) is 5.82 Å². The third kappa shape index (κ3) is 3.75. The molecule has 8 nitrogen and oxygen atoms in total. The van der Waals surface area contributed by atoms with Crippen molar-refractivity contribution in [1.29, 1.82) is 5.41 Å². The van der Waals surface area contributed by atoms with Crippen LogP contribution in [0.15, 0.2) is 41.1 Å². The van der Waals surface area contributed by atoms with Gasteiger partial charge in [-0.15, -0.1) is 0 Å². The topological polar surface area (TPSA) is 112 Å². The number of hydrogen-bond donors (Lipinski definition) is 2. The van der Waals surface area contributed by atoms with Crippen LogP contribution in [0.5, 0.6) is 0 Å². The van der Waals surface area contributed by atoms with E-state index in [1.165, 1.54) is 6.21 Å². The van der Waals surface area contributed by atoms with Gasteiger partial charge in [0, 0.05) is 30.4 Å². The molecule has 2 aromatic heterocycles. The van der Waals surface area contributed by atoms with Crippen LogP contribution in [-0.4, -0.2) is 50.2 Å². The summed E-state index contributed by atoms with van der Waals surface area (Å²) in [5, 5.41) is 11.0. The predicted molar refractivity (Wildman–Crippen MR) is 105 cm³/mol. The highest BCUT2D eigenvalue weighted by molar-refractivity contribution is 5.90. The zero-order valence-corrected chi connectivity index (χ0v) is 15.3. The van der Waals surface area contributed by atoms with Gasteiger partial charge < -0.3 is 19.8 Å². The first-order chi connectivity index (χ1) is 13.7. The summed E-state index contributed by atoms with van der Waals surface area (Å²) in [4.78, 5) is 26.0. The zero-order chi connectivity index (χ0) is 19.3. The lowest BCUT2D eigenvalue weighted by Gasteiger charge is -2.24. The van der Waals surface area contributed by atoms with E-state index in [1.54, 1.807) is 23.2 Å². The third-order valence-electron chi connectivity index (χ3n) is 4.63. The van der Waals surface area contributed by atoms with E-state index in [1.807, 2.05) is 24.3 Å². The molecule has 0 spiro atoms. The Morgan fingerprint density at radius 2 is 2.04 bits per heavy atom. The van der Waals surface area contributed by atoms with Crippen LogP contribution in [0.25, 0.3) is 28.7 Å². The standard InChI is InChI=1S/C20H20N6O2/c21-9-5-8-17-22-13-16(23-17)14-6-4-7-15(12-14)18-24-19(28-25-18)20(27)26-10-2-1-3-11-26/h4-9,12-13,21H,1-3,10-11H2,(H,22,23)/b8-5-,21-9?.